The third-order valence-electron chi connectivity index (χ3n) is 8.65. The van der Waals surface area contributed by atoms with Gasteiger partial charge in [-0.1, -0.05) is 107 Å². The van der Waals surface area contributed by atoms with Crippen LogP contribution in [0.5, 0.6) is 0 Å². The molecule has 0 bridgehead atoms. The Morgan fingerprint density at radius 3 is 1.74 bits per heavy atom. The second kappa shape index (κ2) is 9.62. The van der Waals surface area contributed by atoms with Crippen molar-refractivity contribution in [2.24, 2.45) is 10.8 Å². The molecule has 0 radical (unpaired) electrons. The average Bonchev–Trinajstić information content (AvgIpc) is 3.47. The van der Waals surface area contributed by atoms with E-state index in [0.717, 1.165) is 6.42 Å². The first-order valence-electron chi connectivity index (χ1n) is 14.3. The summed E-state index contributed by atoms with van der Waals surface area (Å²) >= 11 is 0. The summed E-state index contributed by atoms with van der Waals surface area (Å²) in [4.78, 5) is 0. The Balaban J connectivity index is 0.000000386. The zero-order chi connectivity index (χ0) is 28.0. The summed E-state index contributed by atoms with van der Waals surface area (Å²) in [5.41, 5.74) is 17.6. The number of fused-ring (bicyclic) bond motifs is 5. The molecule has 0 fully saturated rings. The molecule has 0 aliphatic heterocycles. The van der Waals surface area contributed by atoms with Crippen LogP contribution in [0.3, 0.4) is 0 Å². The molecule has 3 aromatic carbocycles. The monoisotopic (exact) mass is 592 g/mol. The van der Waals surface area contributed by atoms with Crippen molar-refractivity contribution in [2.45, 2.75) is 100 Å². The second-order valence-electron chi connectivity index (χ2n) is 15.2. The molecule has 3 aliphatic rings. The topological polar surface area (TPSA) is 0 Å². The SMILES string of the molecule is CC(C)(C)C1=[C-]C(C)(C)c2cc3c(cc21)-c1cc2c(cc1C3)C(C)(C)C=C2C(C)(C)C.Cc1c[cH-]c(C)c1.[Zr+2]. The molecule has 1 heteroatoms. The quantitative estimate of drug-likeness (QED) is 0.178. The van der Waals surface area contributed by atoms with E-state index >= 15 is 0 Å². The Bertz CT molecular complexity index is 1390. The van der Waals surface area contributed by atoms with E-state index in [-0.39, 0.29) is 47.9 Å². The number of hydrogen-bond acceptors (Lipinski definition) is 0. The van der Waals surface area contributed by atoms with Crippen molar-refractivity contribution >= 4 is 11.1 Å². The minimum Gasteiger partial charge on any atom is -0.262 e. The van der Waals surface area contributed by atoms with Gasteiger partial charge in [-0.2, -0.15) is 23.3 Å². The van der Waals surface area contributed by atoms with E-state index in [1.807, 2.05) is 0 Å². The van der Waals surface area contributed by atoms with E-state index in [1.165, 1.54) is 66.8 Å². The first kappa shape index (κ1) is 30.1. The van der Waals surface area contributed by atoms with Gasteiger partial charge in [-0.25, -0.2) is 17.2 Å². The zero-order valence-electron chi connectivity index (χ0n) is 26.3. The van der Waals surface area contributed by atoms with Gasteiger partial charge in [0.15, 0.2) is 0 Å². The average molecular weight is 594 g/mol. The zero-order valence-corrected chi connectivity index (χ0v) is 28.8. The molecular weight excluding hydrogens is 548 g/mol. The van der Waals surface area contributed by atoms with Gasteiger partial charge < -0.3 is 0 Å². The minimum absolute atomic E-state index is 0. The molecule has 202 valence electrons. The Hall–Kier alpha value is -1.85. The van der Waals surface area contributed by atoms with Crippen LogP contribution >= 0.6 is 0 Å². The molecule has 0 spiro atoms. The molecule has 0 aromatic heterocycles. The fourth-order valence-electron chi connectivity index (χ4n) is 6.66. The van der Waals surface area contributed by atoms with Crippen molar-refractivity contribution in [3.63, 3.8) is 0 Å². The summed E-state index contributed by atoms with van der Waals surface area (Å²) in [6.45, 7) is 27.6. The predicted octanol–water partition coefficient (Wildman–Crippen LogP) is 10.5. The molecule has 0 saturated carbocycles. The van der Waals surface area contributed by atoms with Crippen LogP contribution in [0.25, 0.3) is 22.3 Å². The van der Waals surface area contributed by atoms with Gasteiger partial charge in [0, 0.05) is 5.41 Å². The van der Waals surface area contributed by atoms with Crippen LogP contribution < -0.4 is 0 Å². The van der Waals surface area contributed by atoms with Gasteiger partial charge in [0.1, 0.15) is 0 Å². The predicted molar refractivity (Wildman–Crippen MR) is 166 cm³/mol. The first-order chi connectivity index (χ1) is 17.4. The van der Waals surface area contributed by atoms with E-state index in [9.17, 15) is 0 Å². The van der Waals surface area contributed by atoms with E-state index in [0.29, 0.717) is 0 Å². The van der Waals surface area contributed by atoms with Gasteiger partial charge in [-0.3, -0.25) is 6.08 Å². The molecule has 6 rings (SSSR count). The Morgan fingerprint density at radius 2 is 1.28 bits per heavy atom. The third kappa shape index (κ3) is 5.31. The smallest absolute Gasteiger partial charge is 0.262 e. The summed E-state index contributed by atoms with van der Waals surface area (Å²) in [6.07, 6.45) is 7.41. The van der Waals surface area contributed by atoms with Crippen LogP contribution in [0.15, 0.2) is 48.5 Å². The van der Waals surface area contributed by atoms with Crippen molar-refractivity contribution in [3.05, 3.63) is 99.1 Å². The Kier molecular flexibility index (Phi) is 7.43. The van der Waals surface area contributed by atoms with Crippen molar-refractivity contribution in [2.75, 3.05) is 0 Å². The standard InChI is InChI=1S/C31H37.C7H9.Zr/c1-28(2,3)26-16-30(7,8)24-12-18-11-19-13-25-23(15-21(19)20(18)14-22(24)26)27(29(4,5)6)17-31(25,9)10;1-6-3-4-7(2)5-6;/h12-16H,11H2,1-10H3;3-5H,1-2H3;/q2*-1;+2. The van der Waals surface area contributed by atoms with E-state index in [2.05, 4.69) is 138 Å². The minimum atomic E-state index is -0.0202. The van der Waals surface area contributed by atoms with Crippen LogP contribution in [0.2, 0.25) is 0 Å². The van der Waals surface area contributed by atoms with Gasteiger partial charge in [0.25, 0.3) is 0 Å². The third-order valence-corrected chi connectivity index (χ3v) is 8.65. The molecule has 0 amide bonds. The fraction of sp³-hybridized carbons (Fsp3) is 0.447. The maximum atomic E-state index is 3.85. The fourth-order valence-corrected chi connectivity index (χ4v) is 6.66. The first-order valence-corrected chi connectivity index (χ1v) is 14.3. The molecule has 3 aliphatic carbocycles. The number of rotatable bonds is 0. The van der Waals surface area contributed by atoms with Crippen molar-refractivity contribution in [1.82, 2.24) is 0 Å². The van der Waals surface area contributed by atoms with Crippen LogP contribution in [0, 0.1) is 30.8 Å². The molecule has 0 N–H and O–H groups in total. The van der Waals surface area contributed by atoms with Crippen LogP contribution in [-0.4, -0.2) is 0 Å². The Morgan fingerprint density at radius 1 is 0.718 bits per heavy atom. The summed E-state index contributed by atoms with van der Waals surface area (Å²) in [5.74, 6) is 0. The molecule has 0 atom stereocenters. The van der Waals surface area contributed by atoms with Gasteiger partial charge >= 0.3 is 26.2 Å². The maximum absolute atomic E-state index is 3.85. The number of benzene rings is 2. The maximum Gasteiger partial charge on any atom is 2.00 e. The number of aryl methyl sites for hydroxylation is 2. The summed E-state index contributed by atoms with van der Waals surface area (Å²) in [7, 11) is 0. The number of allylic oxidation sites excluding steroid dienone is 4. The second-order valence-corrected chi connectivity index (χ2v) is 15.2. The van der Waals surface area contributed by atoms with Crippen molar-refractivity contribution in [1.29, 1.82) is 0 Å². The normalized spacial score (nSPS) is 17.6. The van der Waals surface area contributed by atoms with Crippen molar-refractivity contribution < 1.29 is 26.2 Å². The van der Waals surface area contributed by atoms with Crippen molar-refractivity contribution in [3.8, 4) is 11.1 Å². The summed E-state index contributed by atoms with van der Waals surface area (Å²) < 4.78 is 0. The van der Waals surface area contributed by atoms with Crippen LogP contribution in [-0.2, 0) is 43.5 Å². The molecule has 0 nitrogen and oxygen atoms in total. The molecule has 3 aromatic rings. The van der Waals surface area contributed by atoms with Gasteiger partial charge in [-0.05, 0) is 62.3 Å². The van der Waals surface area contributed by atoms with Gasteiger partial charge in [-0.15, -0.1) is 11.6 Å². The van der Waals surface area contributed by atoms with Gasteiger partial charge in [0.05, 0.1) is 0 Å². The molecule has 0 unspecified atom stereocenters. The van der Waals surface area contributed by atoms with Crippen LogP contribution in [0.4, 0.5) is 0 Å². The van der Waals surface area contributed by atoms with E-state index < -0.39 is 0 Å². The number of hydrogen-bond donors (Lipinski definition) is 0. The van der Waals surface area contributed by atoms with Crippen LogP contribution in [0.1, 0.15) is 114 Å². The molecular formula is C38H46Zr. The molecule has 0 saturated heterocycles. The molecule has 0 heterocycles. The largest absolute Gasteiger partial charge is 2.00 e. The summed E-state index contributed by atoms with van der Waals surface area (Å²) in [5, 5.41) is 0. The van der Waals surface area contributed by atoms with E-state index in [4.69, 9.17) is 0 Å². The summed E-state index contributed by atoms with van der Waals surface area (Å²) in [6, 6.07) is 16.4. The Labute approximate surface area is 257 Å². The molecule has 39 heavy (non-hydrogen) atoms. The van der Waals surface area contributed by atoms with E-state index in [1.54, 1.807) is 0 Å². The van der Waals surface area contributed by atoms with Gasteiger partial charge in [0.2, 0.25) is 0 Å².